The van der Waals surface area contributed by atoms with Gasteiger partial charge in [-0.15, -0.1) is 0 Å². The lowest BCUT2D eigenvalue weighted by Crippen LogP contribution is -1.88. The van der Waals surface area contributed by atoms with E-state index >= 15 is 0 Å². The molecule has 2 aromatic carbocycles. The van der Waals surface area contributed by atoms with Gasteiger partial charge < -0.3 is 5.41 Å². The highest BCUT2D eigenvalue weighted by atomic mass is 16.1. The molecule has 0 saturated heterocycles. The lowest BCUT2D eigenvalue weighted by Gasteiger charge is -2.04. The summed E-state index contributed by atoms with van der Waals surface area (Å²) in [5.74, 6) is 1.91. The van der Waals surface area contributed by atoms with Crippen LogP contribution in [0.15, 0.2) is 42.5 Å². The van der Waals surface area contributed by atoms with Gasteiger partial charge >= 0.3 is 0 Å². The number of fused-ring (bicyclic) bond motifs is 1. The molecule has 0 aliphatic heterocycles. The van der Waals surface area contributed by atoms with Crippen molar-refractivity contribution in [3.63, 3.8) is 0 Å². The average molecular weight is 194 g/mol. The number of rotatable bonds is 2. The van der Waals surface area contributed by atoms with Gasteiger partial charge in [-0.25, -0.2) is 0 Å². The van der Waals surface area contributed by atoms with E-state index < -0.39 is 0 Å². The van der Waals surface area contributed by atoms with Crippen LogP contribution in [0, 0.1) is 0 Å². The molecule has 0 spiro atoms. The second-order valence-corrected chi connectivity index (χ2v) is 3.17. The SMILES string of the molecule is [N-]=C=C(C=O)c1cccc2ccccc12. The highest BCUT2D eigenvalue weighted by Crippen LogP contribution is 2.22. The van der Waals surface area contributed by atoms with Gasteiger partial charge in [0.05, 0.1) is 0 Å². The van der Waals surface area contributed by atoms with Gasteiger partial charge in [-0.1, -0.05) is 42.5 Å². The highest BCUT2D eigenvalue weighted by molar-refractivity contribution is 6.22. The van der Waals surface area contributed by atoms with E-state index in [4.69, 9.17) is 5.41 Å². The molecule has 0 atom stereocenters. The Hall–Kier alpha value is -2.18. The maximum Gasteiger partial charge on any atom is 0.156 e. The van der Waals surface area contributed by atoms with E-state index in [1.54, 1.807) is 6.07 Å². The monoisotopic (exact) mass is 194 g/mol. The fraction of sp³-hybridized carbons (Fsp3) is 0. The van der Waals surface area contributed by atoms with Gasteiger partial charge in [-0.3, -0.25) is 10.7 Å². The third kappa shape index (κ3) is 1.58. The molecule has 2 aromatic rings. The lowest BCUT2D eigenvalue weighted by molar-refractivity contribution is -0.103. The van der Waals surface area contributed by atoms with Crippen molar-refractivity contribution in [2.24, 2.45) is 0 Å². The van der Waals surface area contributed by atoms with Crippen molar-refractivity contribution in [3.05, 3.63) is 53.4 Å². The molecule has 72 valence electrons. The number of carbonyl (C=O) groups is 1. The number of hydrogen-bond donors (Lipinski definition) is 0. The van der Waals surface area contributed by atoms with E-state index in [-0.39, 0.29) is 5.57 Å². The van der Waals surface area contributed by atoms with Crippen molar-refractivity contribution in [2.75, 3.05) is 0 Å². The average Bonchev–Trinajstić information content (AvgIpc) is 2.31. The second kappa shape index (κ2) is 3.91. The molecular weight excluding hydrogens is 186 g/mol. The Kier molecular flexibility index (Phi) is 2.44. The maximum atomic E-state index is 10.7. The molecule has 15 heavy (non-hydrogen) atoms. The van der Waals surface area contributed by atoms with Crippen molar-refractivity contribution in [2.45, 2.75) is 0 Å². The van der Waals surface area contributed by atoms with E-state index in [1.165, 1.54) is 0 Å². The van der Waals surface area contributed by atoms with Crippen LogP contribution >= 0.6 is 0 Å². The van der Waals surface area contributed by atoms with E-state index in [0.717, 1.165) is 10.8 Å². The van der Waals surface area contributed by atoms with Crippen molar-refractivity contribution in [1.29, 1.82) is 0 Å². The zero-order valence-corrected chi connectivity index (χ0v) is 7.97. The molecule has 2 heteroatoms. The molecule has 0 radical (unpaired) electrons. The molecule has 0 heterocycles. The quantitative estimate of drug-likeness (QED) is 0.411. The number of hydrogen-bond acceptors (Lipinski definition) is 1. The lowest BCUT2D eigenvalue weighted by atomic mass is 10.00. The smallest absolute Gasteiger partial charge is 0.156 e. The minimum absolute atomic E-state index is 0.173. The molecule has 0 fully saturated rings. The molecule has 0 aromatic heterocycles. The summed E-state index contributed by atoms with van der Waals surface area (Å²) in [6.45, 7) is 0. The van der Waals surface area contributed by atoms with Crippen LogP contribution in [0.2, 0.25) is 0 Å². The normalized spacial score (nSPS) is 9.60. The van der Waals surface area contributed by atoms with Crippen LogP contribution < -0.4 is 0 Å². The predicted octanol–water partition coefficient (Wildman–Crippen LogP) is 2.66. The third-order valence-corrected chi connectivity index (χ3v) is 2.32. The van der Waals surface area contributed by atoms with Gasteiger partial charge in [0.2, 0.25) is 0 Å². The summed E-state index contributed by atoms with van der Waals surface area (Å²) in [5, 5.41) is 10.8. The Morgan fingerprint density at radius 3 is 2.60 bits per heavy atom. The first-order valence-corrected chi connectivity index (χ1v) is 4.57. The first-order valence-electron chi connectivity index (χ1n) is 4.57. The fourth-order valence-corrected chi connectivity index (χ4v) is 1.61. The van der Waals surface area contributed by atoms with Crippen LogP contribution in [0.25, 0.3) is 21.8 Å². The van der Waals surface area contributed by atoms with Crippen molar-refractivity contribution >= 4 is 28.5 Å². The summed E-state index contributed by atoms with van der Waals surface area (Å²) in [6, 6.07) is 13.3. The van der Waals surface area contributed by atoms with E-state index in [1.807, 2.05) is 42.3 Å². The summed E-state index contributed by atoms with van der Waals surface area (Å²) in [6.07, 6.45) is 0.599. The molecule has 0 aliphatic carbocycles. The van der Waals surface area contributed by atoms with Gasteiger partial charge in [0.25, 0.3) is 0 Å². The number of carbonyl (C=O) groups excluding carboxylic acids is 1. The zero-order chi connectivity index (χ0) is 10.7. The van der Waals surface area contributed by atoms with Crippen LogP contribution in [0.4, 0.5) is 0 Å². The van der Waals surface area contributed by atoms with Gasteiger partial charge in [0.1, 0.15) is 0 Å². The van der Waals surface area contributed by atoms with E-state index in [0.29, 0.717) is 11.8 Å². The van der Waals surface area contributed by atoms with Gasteiger partial charge in [-0.2, -0.15) is 0 Å². The molecule has 0 unspecified atom stereocenters. The van der Waals surface area contributed by atoms with Crippen molar-refractivity contribution in [3.8, 4) is 0 Å². The third-order valence-electron chi connectivity index (χ3n) is 2.32. The summed E-state index contributed by atoms with van der Waals surface area (Å²) in [4.78, 5) is 10.7. The van der Waals surface area contributed by atoms with Gasteiger partial charge in [-0.05, 0) is 16.3 Å². The number of nitrogens with zero attached hydrogens (tertiary/aromatic N) is 1. The maximum absolute atomic E-state index is 10.7. The minimum Gasteiger partial charge on any atom is -0.763 e. The molecule has 0 N–H and O–H groups in total. The molecule has 0 saturated carbocycles. The highest BCUT2D eigenvalue weighted by Gasteiger charge is 2.02. The first kappa shape index (κ1) is 9.38. The number of aldehydes is 1. The van der Waals surface area contributed by atoms with Crippen molar-refractivity contribution in [1.82, 2.24) is 0 Å². The second-order valence-electron chi connectivity index (χ2n) is 3.17. The van der Waals surface area contributed by atoms with E-state index in [2.05, 4.69) is 0 Å². The summed E-state index contributed by atoms with van der Waals surface area (Å²) >= 11 is 0. The van der Waals surface area contributed by atoms with Crippen LogP contribution in [0.1, 0.15) is 5.56 Å². The molecular formula is C13H8NO-. The Morgan fingerprint density at radius 2 is 1.87 bits per heavy atom. The Balaban J connectivity index is 2.82. The largest absolute Gasteiger partial charge is 0.763 e. The summed E-state index contributed by atoms with van der Waals surface area (Å²) in [5.41, 5.74) is 0.873. The van der Waals surface area contributed by atoms with E-state index in [9.17, 15) is 4.79 Å². The van der Waals surface area contributed by atoms with Crippen LogP contribution in [0.3, 0.4) is 0 Å². The number of allylic oxidation sites excluding steroid dienone is 1. The molecule has 2 nitrogen and oxygen atoms in total. The Morgan fingerprint density at radius 1 is 1.13 bits per heavy atom. The minimum atomic E-state index is 0.173. The Bertz CT molecular complexity index is 560. The van der Waals surface area contributed by atoms with Crippen molar-refractivity contribution < 1.29 is 4.79 Å². The van der Waals surface area contributed by atoms with Crippen LogP contribution in [0.5, 0.6) is 0 Å². The van der Waals surface area contributed by atoms with Gasteiger partial charge in [0, 0.05) is 5.57 Å². The molecule has 0 amide bonds. The standard InChI is InChI=1S/C13H8NO/c14-8-11(9-15)13-7-3-5-10-4-1-2-6-12(10)13/h1-7,9H/q-1. The molecule has 0 aliphatic rings. The summed E-state index contributed by atoms with van der Waals surface area (Å²) in [7, 11) is 0. The zero-order valence-electron chi connectivity index (χ0n) is 7.97. The van der Waals surface area contributed by atoms with Crippen LogP contribution in [-0.2, 0) is 4.79 Å². The topological polar surface area (TPSA) is 39.4 Å². The van der Waals surface area contributed by atoms with Gasteiger partial charge in [0.15, 0.2) is 6.29 Å². The first-order chi connectivity index (χ1) is 7.36. The molecule has 2 rings (SSSR count). The Labute approximate surface area is 87.4 Å². The predicted molar refractivity (Wildman–Crippen MR) is 61.8 cm³/mol. The fourth-order valence-electron chi connectivity index (χ4n) is 1.61. The van der Waals surface area contributed by atoms with Crippen LogP contribution in [-0.4, -0.2) is 12.2 Å². The number of benzene rings is 2. The summed E-state index contributed by atoms with van der Waals surface area (Å²) < 4.78 is 0. The molecule has 0 bridgehead atoms.